The molecule has 0 saturated carbocycles. The Morgan fingerprint density at radius 2 is 1.54 bits per heavy atom. The second kappa shape index (κ2) is 6.18. The molecule has 137 valence electrons. The zero-order valence-electron chi connectivity index (χ0n) is 16.3. The van der Waals surface area contributed by atoms with Crippen molar-refractivity contribution in [1.82, 2.24) is 9.38 Å². The van der Waals surface area contributed by atoms with Gasteiger partial charge < -0.3 is 4.40 Å². The van der Waals surface area contributed by atoms with Gasteiger partial charge in [0, 0.05) is 38.0 Å². The monoisotopic (exact) mass is 522 g/mol. The summed E-state index contributed by atoms with van der Waals surface area (Å²) in [5, 5.41) is 3.61. The fraction of sp³-hybridized carbons (Fsp3) is 0.348. The molecule has 0 amide bonds. The maximum Gasteiger partial charge on any atom is 0.0608 e. The van der Waals surface area contributed by atoms with Crippen LogP contribution < -0.4 is 0 Å². The van der Waals surface area contributed by atoms with Gasteiger partial charge in [0.25, 0.3) is 0 Å². The van der Waals surface area contributed by atoms with Crippen molar-refractivity contribution >= 4 is 27.3 Å². The van der Waals surface area contributed by atoms with E-state index in [1.54, 1.807) is 0 Å². The Labute approximate surface area is 169 Å². The van der Waals surface area contributed by atoms with Crippen molar-refractivity contribution in [3.63, 3.8) is 0 Å². The first-order chi connectivity index (χ1) is 11.7. The van der Waals surface area contributed by atoms with Crippen LogP contribution >= 0.6 is 0 Å². The normalized spacial score (nSPS) is 12.7. The Morgan fingerprint density at radius 3 is 2.19 bits per heavy atom. The SMILES string of the molecule is CC(C)(C)c1c[c-]c2c(c1)c1cc(C(C)(C)C)ccc1n1ccnc21.[Ir]. The van der Waals surface area contributed by atoms with Gasteiger partial charge in [0.2, 0.25) is 0 Å². The van der Waals surface area contributed by atoms with Crippen LogP contribution in [-0.4, -0.2) is 9.38 Å². The van der Waals surface area contributed by atoms with Crippen LogP contribution in [0.4, 0.5) is 0 Å². The van der Waals surface area contributed by atoms with E-state index >= 15 is 0 Å². The molecule has 4 rings (SSSR count). The maximum absolute atomic E-state index is 4.59. The number of imidazole rings is 1. The Hall–Kier alpha value is -1.70. The second-order valence-corrected chi connectivity index (χ2v) is 9.03. The van der Waals surface area contributed by atoms with Gasteiger partial charge in [0.05, 0.1) is 5.65 Å². The molecule has 0 fully saturated rings. The summed E-state index contributed by atoms with van der Waals surface area (Å²) in [5.74, 6) is 0. The molecule has 2 aromatic carbocycles. The molecule has 0 aliphatic carbocycles. The maximum atomic E-state index is 4.59. The quantitative estimate of drug-likeness (QED) is 0.204. The van der Waals surface area contributed by atoms with Gasteiger partial charge in [-0.05, 0) is 27.8 Å². The summed E-state index contributed by atoms with van der Waals surface area (Å²) in [5.41, 5.74) is 5.05. The molecular formula is C23H25IrN2-. The van der Waals surface area contributed by atoms with E-state index in [9.17, 15) is 0 Å². The number of fused-ring (bicyclic) bond motifs is 6. The van der Waals surface area contributed by atoms with Crippen LogP contribution in [0.25, 0.3) is 27.3 Å². The molecule has 2 heterocycles. The van der Waals surface area contributed by atoms with Crippen molar-refractivity contribution in [3.05, 3.63) is 59.9 Å². The van der Waals surface area contributed by atoms with Crippen LogP contribution in [0.2, 0.25) is 0 Å². The average Bonchev–Trinajstić information content (AvgIpc) is 3.02. The number of pyridine rings is 1. The van der Waals surface area contributed by atoms with E-state index in [0.717, 1.165) is 11.0 Å². The first-order valence-corrected chi connectivity index (χ1v) is 8.91. The van der Waals surface area contributed by atoms with Gasteiger partial charge in [-0.15, -0.1) is 29.1 Å². The molecule has 0 aliphatic rings. The minimum atomic E-state index is 0. The molecule has 0 N–H and O–H groups in total. The summed E-state index contributed by atoms with van der Waals surface area (Å²) >= 11 is 0. The first kappa shape index (κ1) is 19.1. The molecule has 0 atom stereocenters. The summed E-state index contributed by atoms with van der Waals surface area (Å²) in [6.07, 6.45) is 3.91. The van der Waals surface area contributed by atoms with Gasteiger partial charge in [-0.25, -0.2) is 0 Å². The van der Waals surface area contributed by atoms with Crippen LogP contribution in [0, 0.1) is 6.07 Å². The van der Waals surface area contributed by atoms with Gasteiger partial charge in [-0.1, -0.05) is 59.1 Å². The van der Waals surface area contributed by atoms with Crippen molar-refractivity contribution in [2.24, 2.45) is 0 Å². The van der Waals surface area contributed by atoms with Crippen molar-refractivity contribution in [2.75, 3.05) is 0 Å². The standard InChI is InChI=1S/C23H25N2.Ir/c1-22(2,3)15-7-9-17-18(13-15)19-14-16(23(4,5)6)8-10-20(19)25-12-11-24-21(17)25;/h7-8,10-14H,1-6H3;/q-1;. The number of hydrogen-bond donors (Lipinski definition) is 0. The van der Waals surface area contributed by atoms with E-state index in [0.29, 0.717) is 0 Å². The Morgan fingerprint density at radius 1 is 0.885 bits per heavy atom. The molecule has 0 unspecified atom stereocenters. The molecule has 2 nitrogen and oxygen atoms in total. The minimum Gasteiger partial charge on any atom is -0.340 e. The molecule has 1 radical (unpaired) electrons. The number of rotatable bonds is 0. The molecule has 26 heavy (non-hydrogen) atoms. The van der Waals surface area contributed by atoms with Crippen molar-refractivity contribution in [2.45, 2.75) is 52.4 Å². The summed E-state index contributed by atoms with van der Waals surface area (Å²) in [6, 6.07) is 14.8. The number of nitrogens with zero attached hydrogens (tertiary/aromatic N) is 2. The molecule has 0 saturated heterocycles. The zero-order valence-corrected chi connectivity index (χ0v) is 18.7. The summed E-state index contributed by atoms with van der Waals surface area (Å²) in [4.78, 5) is 4.59. The third-order valence-electron chi connectivity index (χ3n) is 5.08. The van der Waals surface area contributed by atoms with E-state index in [4.69, 9.17) is 0 Å². The van der Waals surface area contributed by atoms with Crippen molar-refractivity contribution in [1.29, 1.82) is 0 Å². The van der Waals surface area contributed by atoms with Gasteiger partial charge in [0.15, 0.2) is 0 Å². The second-order valence-electron chi connectivity index (χ2n) is 9.03. The number of hydrogen-bond acceptors (Lipinski definition) is 1. The minimum absolute atomic E-state index is 0. The third-order valence-corrected chi connectivity index (χ3v) is 5.08. The van der Waals surface area contributed by atoms with Gasteiger partial charge in [0.1, 0.15) is 0 Å². The van der Waals surface area contributed by atoms with Crippen LogP contribution in [0.5, 0.6) is 0 Å². The molecule has 3 heteroatoms. The van der Waals surface area contributed by atoms with Crippen LogP contribution in [0.15, 0.2) is 42.7 Å². The van der Waals surface area contributed by atoms with E-state index in [-0.39, 0.29) is 30.9 Å². The Balaban J connectivity index is 0.00000196. The van der Waals surface area contributed by atoms with Crippen LogP contribution in [0.3, 0.4) is 0 Å². The fourth-order valence-electron chi connectivity index (χ4n) is 3.44. The van der Waals surface area contributed by atoms with Gasteiger partial charge >= 0.3 is 0 Å². The smallest absolute Gasteiger partial charge is 0.0608 e. The van der Waals surface area contributed by atoms with E-state index < -0.39 is 0 Å². The summed E-state index contributed by atoms with van der Waals surface area (Å²) in [7, 11) is 0. The molecule has 0 spiro atoms. The predicted octanol–water partition coefficient (Wildman–Crippen LogP) is 6.03. The van der Waals surface area contributed by atoms with E-state index in [1.165, 1.54) is 27.4 Å². The molecule has 2 aromatic heterocycles. The third kappa shape index (κ3) is 2.98. The van der Waals surface area contributed by atoms with E-state index in [1.807, 2.05) is 12.4 Å². The molecule has 0 aliphatic heterocycles. The van der Waals surface area contributed by atoms with E-state index in [2.05, 4.69) is 87.3 Å². The van der Waals surface area contributed by atoms with Gasteiger partial charge in [-0.3, -0.25) is 4.98 Å². The molecular weight excluding hydrogens is 496 g/mol. The summed E-state index contributed by atoms with van der Waals surface area (Å²) in [6.45, 7) is 13.5. The Kier molecular flexibility index (Phi) is 4.53. The predicted molar refractivity (Wildman–Crippen MR) is 106 cm³/mol. The Bertz CT molecular complexity index is 1020. The zero-order chi connectivity index (χ0) is 18.0. The van der Waals surface area contributed by atoms with Crippen molar-refractivity contribution in [3.8, 4) is 0 Å². The topological polar surface area (TPSA) is 17.3 Å². The molecule has 4 aromatic rings. The summed E-state index contributed by atoms with van der Waals surface area (Å²) < 4.78 is 2.18. The largest absolute Gasteiger partial charge is 0.340 e. The average molecular weight is 522 g/mol. The number of benzene rings is 2. The van der Waals surface area contributed by atoms with Crippen molar-refractivity contribution < 1.29 is 20.1 Å². The molecule has 0 bridgehead atoms. The number of aromatic nitrogens is 2. The first-order valence-electron chi connectivity index (χ1n) is 8.91. The van der Waals surface area contributed by atoms with Crippen LogP contribution in [0.1, 0.15) is 52.7 Å². The fourth-order valence-corrected chi connectivity index (χ4v) is 3.44. The van der Waals surface area contributed by atoms with Gasteiger partial charge in [-0.2, -0.15) is 0 Å². The van der Waals surface area contributed by atoms with Crippen LogP contribution in [-0.2, 0) is 30.9 Å².